The summed E-state index contributed by atoms with van der Waals surface area (Å²) in [5.74, 6) is 0.0450. The SMILES string of the molecule is CC.O=[N+]([O-])c1ccc(O)c(CCl)c1. The Morgan fingerprint density at radius 3 is 2.50 bits per heavy atom. The van der Waals surface area contributed by atoms with Crippen LogP contribution in [0.2, 0.25) is 0 Å². The number of phenols is 1. The Morgan fingerprint density at radius 1 is 1.50 bits per heavy atom. The summed E-state index contributed by atoms with van der Waals surface area (Å²) in [4.78, 5) is 9.73. The molecule has 14 heavy (non-hydrogen) atoms. The molecule has 0 heterocycles. The van der Waals surface area contributed by atoms with Gasteiger partial charge in [-0.2, -0.15) is 0 Å². The van der Waals surface area contributed by atoms with E-state index in [1.807, 2.05) is 13.8 Å². The topological polar surface area (TPSA) is 63.4 Å². The first kappa shape index (κ1) is 12.7. The second-order valence-electron chi connectivity index (χ2n) is 2.20. The highest BCUT2D eigenvalue weighted by Gasteiger charge is 2.08. The summed E-state index contributed by atoms with van der Waals surface area (Å²) in [6, 6.07) is 3.74. The second kappa shape index (κ2) is 6.21. The van der Waals surface area contributed by atoms with E-state index in [9.17, 15) is 10.1 Å². The summed E-state index contributed by atoms with van der Waals surface area (Å²) < 4.78 is 0. The minimum Gasteiger partial charge on any atom is -0.508 e. The van der Waals surface area contributed by atoms with Crippen molar-refractivity contribution in [1.82, 2.24) is 0 Å². The number of hydrogen-bond donors (Lipinski definition) is 1. The second-order valence-corrected chi connectivity index (χ2v) is 2.47. The highest BCUT2D eigenvalue weighted by molar-refractivity contribution is 6.17. The molecule has 0 bridgehead atoms. The van der Waals surface area contributed by atoms with Gasteiger partial charge < -0.3 is 5.11 Å². The molecule has 0 fully saturated rings. The van der Waals surface area contributed by atoms with E-state index in [1.165, 1.54) is 18.2 Å². The van der Waals surface area contributed by atoms with Gasteiger partial charge in [0, 0.05) is 17.7 Å². The van der Waals surface area contributed by atoms with E-state index in [-0.39, 0.29) is 17.3 Å². The molecule has 1 N–H and O–H groups in total. The van der Waals surface area contributed by atoms with E-state index in [2.05, 4.69) is 0 Å². The summed E-state index contributed by atoms with van der Waals surface area (Å²) >= 11 is 5.43. The Kier molecular flexibility index (Phi) is 5.64. The number of nitrogens with zero attached hydrogens (tertiary/aromatic N) is 1. The van der Waals surface area contributed by atoms with Crippen LogP contribution in [0.25, 0.3) is 0 Å². The van der Waals surface area contributed by atoms with Crippen molar-refractivity contribution < 1.29 is 10.0 Å². The Morgan fingerprint density at radius 2 is 2.07 bits per heavy atom. The van der Waals surface area contributed by atoms with Crippen LogP contribution in [0.4, 0.5) is 5.69 Å². The number of nitro benzene ring substituents is 1. The number of hydrogen-bond acceptors (Lipinski definition) is 3. The summed E-state index contributed by atoms with van der Waals surface area (Å²) in [7, 11) is 0. The normalized spacial score (nSPS) is 8.79. The van der Waals surface area contributed by atoms with Gasteiger partial charge in [0.15, 0.2) is 0 Å². The Hall–Kier alpha value is -1.29. The fraction of sp³-hybridized carbons (Fsp3) is 0.333. The van der Waals surface area contributed by atoms with Crippen molar-refractivity contribution in [3.8, 4) is 5.75 Å². The van der Waals surface area contributed by atoms with E-state index in [1.54, 1.807) is 0 Å². The maximum absolute atomic E-state index is 10.3. The Labute approximate surface area is 87.3 Å². The molecule has 1 aromatic carbocycles. The maximum Gasteiger partial charge on any atom is 0.270 e. The Balaban J connectivity index is 0.000000791. The summed E-state index contributed by atoms with van der Waals surface area (Å²) in [5, 5.41) is 19.4. The lowest BCUT2D eigenvalue weighted by molar-refractivity contribution is -0.384. The van der Waals surface area contributed by atoms with Crippen molar-refractivity contribution in [3.63, 3.8) is 0 Å². The molecule has 0 aliphatic heterocycles. The van der Waals surface area contributed by atoms with E-state index >= 15 is 0 Å². The van der Waals surface area contributed by atoms with Gasteiger partial charge in [-0.05, 0) is 6.07 Å². The number of halogens is 1. The quantitative estimate of drug-likeness (QED) is 0.470. The molecule has 1 aromatic rings. The monoisotopic (exact) mass is 217 g/mol. The molecule has 0 amide bonds. The molecule has 1 rings (SSSR count). The first-order valence-electron chi connectivity index (χ1n) is 4.17. The fourth-order valence-corrected chi connectivity index (χ4v) is 1.01. The molecule has 0 aliphatic carbocycles. The standard InChI is InChI=1S/C7H6ClNO3.C2H6/c8-4-5-3-6(9(11)12)1-2-7(5)10;1-2/h1-3,10H,4H2;1-2H3. The molecule has 0 spiro atoms. The lowest BCUT2D eigenvalue weighted by Gasteiger charge is -1.98. The summed E-state index contributed by atoms with van der Waals surface area (Å²) in [5.41, 5.74) is 0.300. The molecule has 5 heteroatoms. The van der Waals surface area contributed by atoms with E-state index in [0.717, 1.165) is 0 Å². The molecular formula is C9H12ClNO3. The molecule has 78 valence electrons. The average molecular weight is 218 g/mol. The number of nitro groups is 1. The highest BCUT2D eigenvalue weighted by Crippen LogP contribution is 2.23. The molecule has 0 aliphatic rings. The van der Waals surface area contributed by atoms with Crippen LogP contribution in [0.1, 0.15) is 19.4 Å². The van der Waals surface area contributed by atoms with Crippen molar-refractivity contribution >= 4 is 17.3 Å². The van der Waals surface area contributed by atoms with Crippen molar-refractivity contribution in [2.75, 3.05) is 0 Å². The van der Waals surface area contributed by atoms with Crippen LogP contribution in [-0.4, -0.2) is 10.0 Å². The Bertz CT molecular complexity index is 315. The number of rotatable bonds is 2. The molecular weight excluding hydrogens is 206 g/mol. The largest absolute Gasteiger partial charge is 0.508 e. The average Bonchev–Trinajstić information content (AvgIpc) is 2.21. The van der Waals surface area contributed by atoms with Gasteiger partial charge in [0.05, 0.1) is 10.8 Å². The maximum atomic E-state index is 10.3. The van der Waals surface area contributed by atoms with Crippen LogP contribution in [-0.2, 0) is 5.88 Å². The van der Waals surface area contributed by atoms with Crippen LogP contribution in [0.3, 0.4) is 0 Å². The molecule has 0 saturated heterocycles. The third kappa shape index (κ3) is 3.22. The van der Waals surface area contributed by atoms with E-state index in [4.69, 9.17) is 16.7 Å². The number of non-ortho nitro benzene ring substituents is 1. The lowest BCUT2D eigenvalue weighted by atomic mass is 10.2. The smallest absolute Gasteiger partial charge is 0.270 e. The third-order valence-corrected chi connectivity index (χ3v) is 1.71. The predicted molar refractivity (Wildman–Crippen MR) is 55.7 cm³/mol. The van der Waals surface area contributed by atoms with Crippen LogP contribution < -0.4 is 0 Å². The van der Waals surface area contributed by atoms with Crippen LogP contribution in [0, 0.1) is 10.1 Å². The highest BCUT2D eigenvalue weighted by atomic mass is 35.5. The van der Waals surface area contributed by atoms with Gasteiger partial charge >= 0.3 is 0 Å². The molecule has 0 saturated carbocycles. The zero-order valence-corrected chi connectivity index (χ0v) is 8.78. The van der Waals surface area contributed by atoms with Crippen molar-refractivity contribution in [2.45, 2.75) is 19.7 Å². The zero-order valence-electron chi connectivity index (χ0n) is 8.03. The first-order chi connectivity index (χ1) is 6.65. The van der Waals surface area contributed by atoms with Crippen LogP contribution in [0.15, 0.2) is 18.2 Å². The summed E-state index contributed by atoms with van der Waals surface area (Å²) in [6.45, 7) is 4.00. The van der Waals surface area contributed by atoms with Crippen molar-refractivity contribution in [1.29, 1.82) is 0 Å². The van der Waals surface area contributed by atoms with Crippen molar-refractivity contribution in [3.05, 3.63) is 33.9 Å². The van der Waals surface area contributed by atoms with Gasteiger partial charge in [-0.1, -0.05) is 13.8 Å². The van der Waals surface area contributed by atoms with Gasteiger partial charge in [-0.25, -0.2) is 0 Å². The van der Waals surface area contributed by atoms with Crippen LogP contribution in [0.5, 0.6) is 5.75 Å². The minimum absolute atomic E-state index is 0.0180. The first-order valence-corrected chi connectivity index (χ1v) is 4.71. The van der Waals surface area contributed by atoms with Gasteiger partial charge in [-0.3, -0.25) is 10.1 Å². The van der Waals surface area contributed by atoms with Gasteiger partial charge in [0.25, 0.3) is 5.69 Å². The van der Waals surface area contributed by atoms with E-state index in [0.29, 0.717) is 5.56 Å². The van der Waals surface area contributed by atoms with Crippen LogP contribution >= 0.6 is 11.6 Å². The van der Waals surface area contributed by atoms with Gasteiger partial charge in [0.1, 0.15) is 5.75 Å². The van der Waals surface area contributed by atoms with E-state index < -0.39 is 4.92 Å². The minimum atomic E-state index is -0.532. The summed E-state index contributed by atoms with van der Waals surface area (Å²) in [6.07, 6.45) is 0. The number of aromatic hydroxyl groups is 1. The number of benzene rings is 1. The third-order valence-electron chi connectivity index (χ3n) is 1.42. The number of phenolic OH excluding ortho intramolecular Hbond substituents is 1. The van der Waals surface area contributed by atoms with Crippen molar-refractivity contribution in [2.24, 2.45) is 0 Å². The molecule has 0 aromatic heterocycles. The molecule has 0 radical (unpaired) electrons. The molecule has 0 atom stereocenters. The fourth-order valence-electron chi connectivity index (χ4n) is 0.793. The molecule has 4 nitrogen and oxygen atoms in total. The number of alkyl halides is 1. The van der Waals surface area contributed by atoms with Gasteiger partial charge in [0.2, 0.25) is 0 Å². The molecule has 0 unspecified atom stereocenters. The van der Waals surface area contributed by atoms with Gasteiger partial charge in [-0.15, -0.1) is 11.6 Å². The zero-order chi connectivity index (χ0) is 11.1. The predicted octanol–water partition coefficient (Wildman–Crippen LogP) is 3.07. The lowest BCUT2D eigenvalue weighted by Crippen LogP contribution is -1.89.